The third-order valence-corrected chi connectivity index (χ3v) is 8.62. The molecule has 0 aromatic heterocycles. The summed E-state index contributed by atoms with van der Waals surface area (Å²) in [5.74, 6) is -0.298. The summed E-state index contributed by atoms with van der Waals surface area (Å²) >= 11 is 0. The summed E-state index contributed by atoms with van der Waals surface area (Å²) in [6.45, 7) is 16.1. The van der Waals surface area contributed by atoms with Crippen LogP contribution >= 0.6 is 0 Å². The number of esters is 2. The number of ether oxygens (including phenoxy) is 2. The predicted molar refractivity (Wildman–Crippen MR) is 155 cm³/mol. The lowest BCUT2D eigenvalue weighted by molar-refractivity contribution is -0.165. The molecular weight excluding hydrogens is 472 g/mol. The second-order valence-electron chi connectivity index (χ2n) is 13.1. The Morgan fingerprint density at radius 2 is 1.26 bits per heavy atom. The second-order valence-corrected chi connectivity index (χ2v) is 13.1. The van der Waals surface area contributed by atoms with Crippen LogP contribution in [0.5, 0.6) is 5.75 Å². The fraction of sp³-hybridized carbons (Fsp3) is 0.588. The van der Waals surface area contributed by atoms with Crippen molar-refractivity contribution in [1.29, 1.82) is 0 Å². The van der Waals surface area contributed by atoms with Gasteiger partial charge in [0.2, 0.25) is 0 Å². The van der Waals surface area contributed by atoms with E-state index in [0.717, 1.165) is 25.7 Å². The van der Waals surface area contributed by atoms with Crippen molar-refractivity contribution in [3.8, 4) is 5.75 Å². The normalized spacial score (nSPS) is 16.1. The SMILES string of the molecule is CCC(C)(CC)OC(=O)CC(C)(C)C(=O)Oc1ccc(C2(c3ccc(C(C)(C)C)cc3)CCCCC2)cc1. The van der Waals surface area contributed by atoms with Crippen LogP contribution in [0.4, 0.5) is 0 Å². The van der Waals surface area contributed by atoms with E-state index in [4.69, 9.17) is 9.47 Å². The molecule has 2 aromatic rings. The van der Waals surface area contributed by atoms with Crippen LogP contribution in [0, 0.1) is 5.41 Å². The highest BCUT2D eigenvalue weighted by atomic mass is 16.6. The van der Waals surface area contributed by atoms with E-state index in [1.54, 1.807) is 13.8 Å². The van der Waals surface area contributed by atoms with Gasteiger partial charge in [-0.15, -0.1) is 0 Å². The van der Waals surface area contributed by atoms with Crippen LogP contribution < -0.4 is 4.74 Å². The van der Waals surface area contributed by atoms with Gasteiger partial charge in [0.05, 0.1) is 11.8 Å². The van der Waals surface area contributed by atoms with Crippen molar-refractivity contribution in [3.05, 3.63) is 65.2 Å². The van der Waals surface area contributed by atoms with Crippen LogP contribution in [0.2, 0.25) is 0 Å². The molecule has 4 nitrogen and oxygen atoms in total. The maximum atomic E-state index is 13.0. The van der Waals surface area contributed by atoms with E-state index in [0.29, 0.717) is 5.75 Å². The summed E-state index contributed by atoms with van der Waals surface area (Å²) in [7, 11) is 0. The number of carbonyl (C=O) groups excluding carboxylic acids is 2. The Kier molecular flexibility index (Phi) is 9.16. The van der Waals surface area contributed by atoms with Crippen molar-refractivity contribution in [2.75, 3.05) is 0 Å². The average molecular weight is 521 g/mol. The third-order valence-electron chi connectivity index (χ3n) is 8.62. The second kappa shape index (κ2) is 11.6. The van der Waals surface area contributed by atoms with Gasteiger partial charge < -0.3 is 9.47 Å². The number of hydrogen-bond donors (Lipinski definition) is 0. The summed E-state index contributed by atoms with van der Waals surface area (Å²) in [5, 5.41) is 0. The number of hydrogen-bond acceptors (Lipinski definition) is 4. The zero-order valence-electron chi connectivity index (χ0n) is 24.9. The highest BCUT2D eigenvalue weighted by Gasteiger charge is 2.37. The van der Waals surface area contributed by atoms with Crippen molar-refractivity contribution >= 4 is 11.9 Å². The van der Waals surface area contributed by atoms with Gasteiger partial charge in [-0.1, -0.05) is 90.3 Å². The first-order valence-corrected chi connectivity index (χ1v) is 14.4. The molecule has 3 rings (SSSR count). The molecule has 0 bridgehead atoms. The Morgan fingerprint density at radius 1 is 0.763 bits per heavy atom. The Labute approximate surface area is 230 Å². The van der Waals surface area contributed by atoms with Crippen molar-refractivity contribution in [3.63, 3.8) is 0 Å². The molecule has 0 amide bonds. The van der Waals surface area contributed by atoms with E-state index in [1.165, 1.54) is 36.0 Å². The lowest BCUT2D eigenvalue weighted by Gasteiger charge is -2.39. The van der Waals surface area contributed by atoms with Crippen LogP contribution in [0.25, 0.3) is 0 Å². The molecule has 0 N–H and O–H groups in total. The van der Waals surface area contributed by atoms with Crippen molar-refractivity contribution in [2.24, 2.45) is 5.41 Å². The smallest absolute Gasteiger partial charge is 0.317 e. The van der Waals surface area contributed by atoms with Crippen LogP contribution in [0.15, 0.2) is 48.5 Å². The van der Waals surface area contributed by atoms with Gasteiger partial charge in [0.15, 0.2) is 0 Å². The van der Waals surface area contributed by atoms with E-state index in [9.17, 15) is 9.59 Å². The molecule has 1 aliphatic carbocycles. The molecule has 0 atom stereocenters. The standard InChI is InChI=1S/C34H48O4/c1-9-33(8,10-2)38-29(35)24-32(6,7)30(36)37-28-20-18-27(19-21-28)34(22-12-11-13-23-34)26-16-14-25(15-17-26)31(3,4)5/h14-21H,9-13,22-24H2,1-8H3. The molecule has 4 heteroatoms. The molecule has 1 saturated carbocycles. The Balaban J connectivity index is 1.76. The van der Waals surface area contributed by atoms with Gasteiger partial charge in [0.25, 0.3) is 0 Å². The first-order valence-electron chi connectivity index (χ1n) is 14.4. The summed E-state index contributed by atoms with van der Waals surface area (Å²) in [6, 6.07) is 17.2. The molecule has 208 valence electrons. The van der Waals surface area contributed by atoms with Crippen LogP contribution in [-0.2, 0) is 25.2 Å². The quantitative estimate of drug-likeness (QED) is 0.245. The van der Waals surface area contributed by atoms with Gasteiger partial charge in [-0.05, 0) is 80.7 Å². The van der Waals surface area contributed by atoms with Crippen LogP contribution in [0.1, 0.15) is 123 Å². The molecule has 0 saturated heterocycles. The van der Waals surface area contributed by atoms with Gasteiger partial charge in [-0.25, -0.2) is 0 Å². The van der Waals surface area contributed by atoms with Gasteiger partial charge >= 0.3 is 11.9 Å². The van der Waals surface area contributed by atoms with E-state index < -0.39 is 17.0 Å². The lowest BCUT2D eigenvalue weighted by Crippen LogP contribution is -2.36. The summed E-state index contributed by atoms with van der Waals surface area (Å²) in [6.07, 6.45) is 7.35. The maximum absolute atomic E-state index is 13.0. The molecule has 1 fully saturated rings. The summed E-state index contributed by atoms with van der Waals surface area (Å²) in [4.78, 5) is 25.6. The molecule has 1 aliphatic rings. The van der Waals surface area contributed by atoms with E-state index >= 15 is 0 Å². The van der Waals surface area contributed by atoms with Crippen LogP contribution in [0.3, 0.4) is 0 Å². The Bertz CT molecular complexity index is 1080. The monoisotopic (exact) mass is 520 g/mol. The summed E-state index contributed by atoms with van der Waals surface area (Å²) in [5.41, 5.74) is 2.58. The molecule has 2 aromatic carbocycles. The molecule has 0 spiro atoms. The molecule has 0 heterocycles. The van der Waals surface area contributed by atoms with Gasteiger partial charge in [0.1, 0.15) is 11.4 Å². The topological polar surface area (TPSA) is 52.6 Å². The number of rotatable bonds is 9. The zero-order chi connectivity index (χ0) is 28.2. The Morgan fingerprint density at radius 3 is 1.74 bits per heavy atom. The van der Waals surface area contributed by atoms with Crippen molar-refractivity contribution < 1.29 is 19.1 Å². The lowest BCUT2D eigenvalue weighted by atomic mass is 9.65. The first kappa shape index (κ1) is 29.9. The van der Waals surface area contributed by atoms with Crippen molar-refractivity contribution in [1.82, 2.24) is 0 Å². The average Bonchev–Trinajstić information content (AvgIpc) is 2.88. The largest absolute Gasteiger partial charge is 0.459 e. The van der Waals surface area contributed by atoms with Gasteiger partial charge in [0, 0.05) is 5.41 Å². The van der Waals surface area contributed by atoms with Crippen molar-refractivity contribution in [2.45, 2.75) is 123 Å². The highest BCUT2D eigenvalue weighted by molar-refractivity contribution is 5.84. The minimum atomic E-state index is -0.989. The molecule has 0 aliphatic heterocycles. The first-order chi connectivity index (χ1) is 17.7. The molecular formula is C34H48O4. The molecule has 38 heavy (non-hydrogen) atoms. The van der Waals surface area contributed by atoms with E-state index in [2.05, 4.69) is 57.2 Å². The number of carbonyl (C=O) groups is 2. The fourth-order valence-electron chi connectivity index (χ4n) is 5.41. The van der Waals surface area contributed by atoms with E-state index in [-0.39, 0.29) is 23.2 Å². The summed E-state index contributed by atoms with van der Waals surface area (Å²) < 4.78 is 11.4. The van der Waals surface area contributed by atoms with E-state index in [1.807, 2.05) is 32.9 Å². The molecule has 0 unspecified atom stereocenters. The minimum absolute atomic E-state index is 0.0207. The third kappa shape index (κ3) is 6.87. The van der Waals surface area contributed by atoms with Crippen LogP contribution in [-0.4, -0.2) is 17.5 Å². The van der Waals surface area contributed by atoms with Gasteiger partial charge in [-0.2, -0.15) is 0 Å². The van der Waals surface area contributed by atoms with Gasteiger partial charge in [-0.3, -0.25) is 9.59 Å². The Hall–Kier alpha value is -2.62. The minimum Gasteiger partial charge on any atom is -0.459 e. The highest BCUT2D eigenvalue weighted by Crippen LogP contribution is 2.45. The maximum Gasteiger partial charge on any atom is 0.317 e. The predicted octanol–water partition coefficient (Wildman–Crippen LogP) is 8.68. The molecule has 0 radical (unpaired) electrons. The fourth-order valence-corrected chi connectivity index (χ4v) is 5.41. The number of benzene rings is 2. The zero-order valence-corrected chi connectivity index (χ0v) is 24.9.